The van der Waals surface area contributed by atoms with Crippen molar-refractivity contribution in [3.05, 3.63) is 189 Å². The van der Waals surface area contributed by atoms with Crippen molar-refractivity contribution in [1.29, 1.82) is 0 Å². The Kier molecular flexibility index (Phi) is 13.1. The highest BCUT2D eigenvalue weighted by Gasteiger charge is 2.42. The number of aliphatic hydroxyl groups is 2. The summed E-state index contributed by atoms with van der Waals surface area (Å²) in [7, 11) is 0. The van der Waals surface area contributed by atoms with Crippen LogP contribution in [0.2, 0.25) is 0 Å². The molecule has 62 heavy (non-hydrogen) atoms. The van der Waals surface area contributed by atoms with E-state index in [1.54, 1.807) is 47.4 Å². The monoisotopic (exact) mass is 832 g/mol. The average Bonchev–Trinajstić information content (AvgIpc) is 3.81. The van der Waals surface area contributed by atoms with Gasteiger partial charge in [0.1, 0.15) is 5.75 Å². The summed E-state index contributed by atoms with van der Waals surface area (Å²) >= 11 is 0. The van der Waals surface area contributed by atoms with Gasteiger partial charge in [-0.05, 0) is 109 Å². The number of amides is 1. The second kappa shape index (κ2) is 19.1. The molecule has 11 nitrogen and oxygen atoms in total. The highest BCUT2D eigenvalue weighted by molar-refractivity contribution is 5.96. The van der Waals surface area contributed by atoms with Crippen molar-refractivity contribution in [3.8, 4) is 5.75 Å². The first-order valence-corrected chi connectivity index (χ1v) is 21.3. The number of fused-ring (bicyclic) bond motifs is 1. The van der Waals surface area contributed by atoms with Gasteiger partial charge >= 0.3 is 5.97 Å². The van der Waals surface area contributed by atoms with E-state index in [4.69, 9.17) is 4.74 Å². The Morgan fingerprint density at radius 2 is 1.56 bits per heavy atom. The van der Waals surface area contributed by atoms with E-state index >= 15 is 0 Å². The molecule has 318 valence electrons. The third kappa shape index (κ3) is 9.56. The molecular formula is C51H52N4O7. The number of aromatic hydroxyl groups is 1. The number of H-pyrrole nitrogens is 1. The Balaban J connectivity index is 0.848. The molecule has 1 amide bonds. The lowest BCUT2D eigenvalue weighted by Crippen LogP contribution is -2.40. The Bertz CT molecular complexity index is 2590. The van der Waals surface area contributed by atoms with Gasteiger partial charge in [0.05, 0.1) is 18.2 Å². The van der Waals surface area contributed by atoms with Crippen LogP contribution in [0.3, 0.4) is 0 Å². The van der Waals surface area contributed by atoms with Crippen LogP contribution in [-0.2, 0) is 28.1 Å². The predicted octanol–water partition coefficient (Wildman–Crippen LogP) is 6.33. The summed E-state index contributed by atoms with van der Waals surface area (Å²) < 4.78 is 5.95. The van der Waals surface area contributed by atoms with Gasteiger partial charge in [-0.25, -0.2) is 4.79 Å². The van der Waals surface area contributed by atoms with Crippen LogP contribution in [0.25, 0.3) is 16.5 Å². The van der Waals surface area contributed by atoms with Gasteiger partial charge in [-0.3, -0.25) is 14.5 Å². The Morgan fingerprint density at radius 1 is 0.839 bits per heavy atom. The van der Waals surface area contributed by atoms with Crippen LogP contribution >= 0.6 is 0 Å². The quantitative estimate of drug-likeness (QED) is 0.0590. The number of rotatable bonds is 15. The van der Waals surface area contributed by atoms with E-state index in [1.807, 2.05) is 60.7 Å². The highest BCUT2D eigenvalue weighted by Crippen LogP contribution is 2.35. The molecule has 0 bridgehead atoms. The molecule has 0 radical (unpaired) electrons. The molecule has 5 N–H and O–H groups in total. The lowest BCUT2D eigenvalue weighted by atomic mass is 9.85. The number of carbonyl (C=O) groups excluding carboxylic acids is 2. The minimum atomic E-state index is -2.03. The van der Waals surface area contributed by atoms with Gasteiger partial charge < -0.3 is 35.3 Å². The number of phenolic OH excluding ortho intramolecular Hbond substituents is 1. The van der Waals surface area contributed by atoms with Crippen LogP contribution < -0.4 is 10.9 Å². The zero-order chi connectivity index (χ0) is 43.1. The normalized spacial score (nSPS) is 16.2. The number of likely N-dealkylation sites (tertiary alicyclic amines) is 1. The summed E-state index contributed by atoms with van der Waals surface area (Å²) in [6.45, 7) is 4.63. The number of nitrogens with one attached hydrogen (secondary N) is 2. The zero-order valence-electron chi connectivity index (χ0n) is 34.6. The molecule has 1 unspecified atom stereocenters. The van der Waals surface area contributed by atoms with Gasteiger partial charge in [-0.15, -0.1) is 0 Å². The molecule has 1 fully saturated rings. The summed E-state index contributed by atoms with van der Waals surface area (Å²) in [5, 5.41) is 37.2. The number of aromatic nitrogens is 1. The van der Waals surface area contributed by atoms with Gasteiger partial charge in [-0.1, -0.05) is 103 Å². The second-order valence-electron chi connectivity index (χ2n) is 16.3. The SMILES string of the molecule is O=C(c1ccc(CCNC[C@H](O)c2ccc(O)c3[nH]c(=O)ccc23)cc1)N1CC=C(c2cccc(C(O)(C(=O)OCC3CCN(Cc4ccccc4)CC3)c3ccccc3)c2)C1. The molecule has 1 aromatic heterocycles. The maximum atomic E-state index is 14.0. The second-order valence-corrected chi connectivity index (χ2v) is 16.3. The number of phenols is 1. The smallest absolute Gasteiger partial charge is 0.347 e. The fourth-order valence-electron chi connectivity index (χ4n) is 8.52. The van der Waals surface area contributed by atoms with Crippen LogP contribution in [0.5, 0.6) is 5.75 Å². The summed E-state index contributed by atoms with van der Waals surface area (Å²) in [6.07, 6.45) is 3.64. The first kappa shape index (κ1) is 42.3. The van der Waals surface area contributed by atoms with E-state index in [0.29, 0.717) is 59.2 Å². The largest absolute Gasteiger partial charge is 0.506 e. The minimum absolute atomic E-state index is 0.0551. The van der Waals surface area contributed by atoms with Gasteiger partial charge in [0.15, 0.2) is 0 Å². The maximum Gasteiger partial charge on any atom is 0.347 e. The predicted molar refractivity (Wildman–Crippen MR) is 239 cm³/mol. The van der Waals surface area contributed by atoms with E-state index in [2.05, 4.69) is 39.5 Å². The van der Waals surface area contributed by atoms with Crippen LogP contribution in [0, 0.1) is 5.92 Å². The van der Waals surface area contributed by atoms with Crippen LogP contribution in [0.4, 0.5) is 0 Å². The highest BCUT2D eigenvalue weighted by atomic mass is 16.5. The van der Waals surface area contributed by atoms with Crippen molar-refractivity contribution in [2.24, 2.45) is 5.92 Å². The molecule has 2 atom stereocenters. The van der Waals surface area contributed by atoms with Gasteiger partial charge in [0, 0.05) is 48.8 Å². The van der Waals surface area contributed by atoms with E-state index in [1.165, 1.54) is 17.7 Å². The maximum absolute atomic E-state index is 14.0. The molecule has 5 aromatic carbocycles. The molecule has 2 aliphatic rings. The molecule has 3 heterocycles. The number of nitrogens with zero attached hydrogens (tertiary/aromatic N) is 2. The van der Waals surface area contributed by atoms with E-state index in [-0.39, 0.29) is 36.3 Å². The number of benzene rings is 5. The van der Waals surface area contributed by atoms with Gasteiger partial charge in [0.2, 0.25) is 11.2 Å². The number of hydrogen-bond acceptors (Lipinski definition) is 9. The fourth-order valence-corrected chi connectivity index (χ4v) is 8.52. The molecule has 2 aliphatic heterocycles. The first-order chi connectivity index (χ1) is 30.2. The molecule has 0 saturated carbocycles. The third-order valence-electron chi connectivity index (χ3n) is 12.1. The van der Waals surface area contributed by atoms with Crippen molar-refractivity contribution < 1.29 is 29.6 Å². The topological polar surface area (TPSA) is 155 Å². The minimum Gasteiger partial charge on any atom is -0.506 e. The number of hydrogen-bond donors (Lipinski definition) is 5. The number of ether oxygens (including phenoxy) is 1. The molecule has 0 aliphatic carbocycles. The Labute approximate surface area is 360 Å². The lowest BCUT2D eigenvalue weighted by molar-refractivity contribution is -0.164. The Hall–Kier alpha value is -6.37. The van der Waals surface area contributed by atoms with Crippen molar-refractivity contribution >= 4 is 28.4 Å². The standard InChI is InChI=1S/C51H52N4O7/c56-45-20-18-43(44-19-21-47(58)53-48(44)45)46(57)31-52-26-22-35-14-16-38(17-15-35)49(59)55-29-25-40(33-55)39-10-7-13-42(30-39)51(61,41-11-5-2-6-12-41)50(60)62-34-37-23-27-54(28-24-37)32-36-8-3-1-4-9-36/h1-21,25,30,37,46,52,56-57,61H,22-24,26-29,31-34H2,(H,53,58)/t46-,51?/m0/s1. The van der Waals surface area contributed by atoms with E-state index < -0.39 is 17.7 Å². The average molecular weight is 833 g/mol. The summed E-state index contributed by atoms with van der Waals surface area (Å²) in [5.41, 5.74) is 3.98. The molecular weight excluding hydrogens is 781 g/mol. The van der Waals surface area contributed by atoms with Crippen molar-refractivity contribution in [1.82, 2.24) is 20.1 Å². The van der Waals surface area contributed by atoms with E-state index in [0.717, 1.165) is 49.2 Å². The zero-order valence-corrected chi connectivity index (χ0v) is 34.6. The molecule has 11 heteroatoms. The fraction of sp³-hybridized carbons (Fsp3) is 0.275. The van der Waals surface area contributed by atoms with Gasteiger partial charge in [-0.2, -0.15) is 0 Å². The summed E-state index contributed by atoms with van der Waals surface area (Å²) in [5.74, 6) is -0.652. The van der Waals surface area contributed by atoms with Crippen LogP contribution in [-0.4, -0.2) is 87.9 Å². The molecule has 6 aromatic rings. The van der Waals surface area contributed by atoms with Crippen molar-refractivity contribution in [2.45, 2.75) is 37.5 Å². The summed E-state index contributed by atoms with van der Waals surface area (Å²) in [4.78, 5) is 46.2. The Morgan fingerprint density at radius 3 is 2.32 bits per heavy atom. The summed E-state index contributed by atoms with van der Waals surface area (Å²) in [6, 6.07) is 40.3. The van der Waals surface area contributed by atoms with Crippen molar-refractivity contribution in [3.63, 3.8) is 0 Å². The number of piperidine rings is 1. The number of aliphatic hydroxyl groups excluding tert-OH is 1. The number of pyridine rings is 1. The third-order valence-corrected chi connectivity index (χ3v) is 12.1. The van der Waals surface area contributed by atoms with E-state index in [9.17, 15) is 29.7 Å². The number of carbonyl (C=O) groups is 2. The molecule has 1 saturated heterocycles. The lowest BCUT2D eigenvalue weighted by Gasteiger charge is -2.33. The van der Waals surface area contributed by atoms with Gasteiger partial charge in [0.25, 0.3) is 5.91 Å². The van der Waals surface area contributed by atoms with Crippen molar-refractivity contribution in [2.75, 3.05) is 45.9 Å². The van der Waals surface area contributed by atoms with Crippen LogP contribution in [0.15, 0.2) is 144 Å². The number of esters is 1. The number of aromatic amines is 1. The molecule has 8 rings (SSSR count). The van der Waals surface area contributed by atoms with Crippen LogP contribution in [0.1, 0.15) is 62.7 Å². The molecule has 0 spiro atoms. The first-order valence-electron chi connectivity index (χ1n) is 21.3.